The molecule has 1 heterocycles. The highest BCUT2D eigenvalue weighted by Gasteiger charge is 2.04. The Hall–Kier alpha value is -1.16. The van der Waals surface area contributed by atoms with Gasteiger partial charge in [0, 0.05) is 17.6 Å². The van der Waals surface area contributed by atoms with Crippen LogP contribution in [-0.4, -0.2) is 4.49 Å². The van der Waals surface area contributed by atoms with Gasteiger partial charge in [-0.25, -0.2) is 0 Å². The molecule has 0 fully saturated rings. The largest absolute Gasteiger partial charge is 0.593 e. The number of rotatable bonds is 0. The summed E-state index contributed by atoms with van der Waals surface area (Å²) in [6, 6.07) is 7.35. The number of aromatic nitrogens is 2. The first kappa shape index (κ1) is 5.61. The second kappa shape index (κ2) is 1.91. The average Bonchev–Trinajstić information content (AvgIpc) is 2.34. The number of fused-ring (bicyclic) bond motifs is 1. The van der Waals surface area contributed by atoms with E-state index in [9.17, 15) is 5.21 Å². The number of hydrogen-bond donors (Lipinski definition) is 0. The van der Waals surface area contributed by atoms with Crippen molar-refractivity contribution in [1.82, 2.24) is 4.49 Å². The third kappa shape index (κ3) is 0.657. The number of nitrogens with zero attached hydrogens (tertiary/aromatic N) is 2. The molecule has 0 saturated carbocycles. The fourth-order valence-electron chi connectivity index (χ4n) is 0.817. The Bertz CT molecular complexity index is 357. The van der Waals surface area contributed by atoms with Gasteiger partial charge in [0.25, 0.3) is 5.52 Å². The first-order chi connectivity index (χ1) is 4.88. The Labute approximate surface area is 61.3 Å². The zero-order chi connectivity index (χ0) is 6.97. The Kier molecular flexibility index (Phi) is 1.07. The maximum Gasteiger partial charge on any atom is 0.264 e. The number of benzene rings is 1. The molecule has 2 rings (SSSR count). The third-order valence-corrected chi connectivity index (χ3v) is 2.06. The van der Waals surface area contributed by atoms with Crippen LogP contribution in [0, 0.1) is 5.21 Å². The highest BCUT2D eigenvalue weighted by atomic mass is 32.1. The van der Waals surface area contributed by atoms with E-state index in [1.54, 1.807) is 6.07 Å². The van der Waals surface area contributed by atoms with Gasteiger partial charge in [-0.2, -0.15) is 0 Å². The molecule has 4 heteroatoms. The van der Waals surface area contributed by atoms with Crippen LogP contribution in [0.25, 0.3) is 10.2 Å². The summed E-state index contributed by atoms with van der Waals surface area (Å²) in [6.45, 7) is 0. The monoisotopic (exact) mass is 152 g/mol. The van der Waals surface area contributed by atoms with Gasteiger partial charge in [-0.1, -0.05) is 12.1 Å². The van der Waals surface area contributed by atoms with Gasteiger partial charge in [-0.05, 0) is 10.9 Å². The van der Waals surface area contributed by atoms with E-state index in [1.807, 2.05) is 18.2 Å². The summed E-state index contributed by atoms with van der Waals surface area (Å²) in [5, 5.41) is 10.8. The van der Waals surface area contributed by atoms with Crippen molar-refractivity contribution in [3.8, 4) is 0 Å². The molecule has 0 aliphatic rings. The molecule has 0 aliphatic heterocycles. The van der Waals surface area contributed by atoms with Crippen molar-refractivity contribution in [1.29, 1.82) is 0 Å². The van der Waals surface area contributed by atoms with E-state index >= 15 is 0 Å². The molecular weight excluding hydrogens is 148 g/mol. The van der Waals surface area contributed by atoms with E-state index < -0.39 is 0 Å². The van der Waals surface area contributed by atoms with Gasteiger partial charge in [0.05, 0.1) is 4.49 Å². The summed E-state index contributed by atoms with van der Waals surface area (Å²) in [4.78, 5) is 0.639. The van der Waals surface area contributed by atoms with E-state index in [4.69, 9.17) is 0 Å². The molecule has 3 nitrogen and oxygen atoms in total. The van der Waals surface area contributed by atoms with Crippen molar-refractivity contribution < 1.29 is 4.85 Å². The first-order valence-electron chi connectivity index (χ1n) is 2.82. The summed E-state index contributed by atoms with van der Waals surface area (Å²) in [5.74, 6) is 0. The predicted octanol–water partition coefficient (Wildman–Crippen LogP) is 0.930. The van der Waals surface area contributed by atoms with Crippen LogP contribution in [0.1, 0.15) is 0 Å². The van der Waals surface area contributed by atoms with Gasteiger partial charge in [0.15, 0.2) is 0 Å². The number of para-hydroxylation sites is 1. The summed E-state index contributed by atoms with van der Waals surface area (Å²) in [6.07, 6.45) is 0. The van der Waals surface area contributed by atoms with Gasteiger partial charge >= 0.3 is 0 Å². The van der Waals surface area contributed by atoms with Crippen LogP contribution in [0.2, 0.25) is 0 Å². The minimum Gasteiger partial charge on any atom is -0.593 e. The maximum absolute atomic E-state index is 10.8. The van der Waals surface area contributed by atoms with E-state index in [-0.39, 0.29) is 0 Å². The highest BCUT2D eigenvalue weighted by molar-refractivity contribution is 7.12. The Morgan fingerprint density at radius 3 is 3.00 bits per heavy atom. The molecule has 0 radical (unpaired) electrons. The summed E-state index contributed by atoms with van der Waals surface area (Å²) < 4.78 is 4.53. The van der Waals surface area contributed by atoms with Crippen LogP contribution < -0.4 is 4.85 Å². The van der Waals surface area contributed by atoms with Crippen molar-refractivity contribution in [3.63, 3.8) is 0 Å². The van der Waals surface area contributed by atoms with Gasteiger partial charge in [0.1, 0.15) is 4.70 Å². The lowest BCUT2D eigenvalue weighted by Gasteiger charge is -1.83. The van der Waals surface area contributed by atoms with Crippen LogP contribution in [0.3, 0.4) is 0 Å². The fourth-order valence-corrected chi connectivity index (χ4v) is 1.45. The van der Waals surface area contributed by atoms with Gasteiger partial charge in [0.2, 0.25) is 0 Å². The minimum absolute atomic E-state index is 0.639. The molecule has 0 bridgehead atoms. The Morgan fingerprint density at radius 1 is 1.40 bits per heavy atom. The van der Waals surface area contributed by atoms with Crippen LogP contribution >= 0.6 is 11.5 Å². The standard InChI is InChI=1S/C6H4N2OS/c9-8-5-3-1-2-4-6(5)10-7-8/h1-4H. The molecule has 1 aromatic heterocycles. The van der Waals surface area contributed by atoms with Gasteiger partial charge in [-0.15, -0.1) is 0 Å². The molecule has 0 atom stereocenters. The normalized spacial score (nSPS) is 10.4. The second-order valence-electron chi connectivity index (χ2n) is 1.91. The molecule has 50 valence electrons. The Balaban J connectivity index is 2.93. The van der Waals surface area contributed by atoms with E-state index in [0.717, 1.165) is 4.70 Å². The molecule has 0 N–H and O–H groups in total. The molecule has 1 aromatic carbocycles. The fraction of sp³-hybridized carbons (Fsp3) is 0. The van der Waals surface area contributed by atoms with Crippen LogP contribution in [0.4, 0.5) is 0 Å². The topological polar surface area (TPSA) is 39.8 Å². The molecule has 0 amide bonds. The third-order valence-electron chi connectivity index (χ3n) is 1.28. The molecule has 0 saturated heterocycles. The minimum atomic E-state index is 0.639. The van der Waals surface area contributed by atoms with E-state index in [1.165, 1.54) is 11.5 Å². The molecule has 0 unspecified atom stereocenters. The SMILES string of the molecule is [O-][n+]1nsc2ccccc21. The zero-order valence-electron chi connectivity index (χ0n) is 5.02. The lowest BCUT2D eigenvalue weighted by molar-refractivity contribution is -0.634. The van der Waals surface area contributed by atoms with Crippen molar-refractivity contribution in [2.45, 2.75) is 0 Å². The molecule has 10 heavy (non-hydrogen) atoms. The number of hydrogen-bond acceptors (Lipinski definition) is 3. The van der Waals surface area contributed by atoms with Crippen LogP contribution in [0.15, 0.2) is 24.3 Å². The van der Waals surface area contributed by atoms with Crippen molar-refractivity contribution in [2.75, 3.05) is 0 Å². The first-order valence-corrected chi connectivity index (χ1v) is 3.59. The molecule has 2 aromatic rings. The Morgan fingerprint density at radius 2 is 2.20 bits per heavy atom. The zero-order valence-corrected chi connectivity index (χ0v) is 5.84. The van der Waals surface area contributed by atoms with Gasteiger partial charge < -0.3 is 5.21 Å². The lowest BCUT2D eigenvalue weighted by atomic mass is 10.3. The van der Waals surface area contributed by atoms with Gasteiger partial charge in [-0.3, -0.25) is 0 Å². The van der Waals surface area contributed by atoms with Crippen LogP contribution in [-0.2, 0) is 0 Å². The molecular formula is C6H4N2OS. The second-order valence-corrected chi connectivity index (χ2v) is 2.70. The van der Waals surface area contributed by atoms with E-state index in [2.05, 4.69) is 4.49 Å². The average molecular weight is 152 g/mol. The highest BCUT2D eigenvalue weighted by Crippen LogP contribution is 2.11. The van der Waals surface area contributed by atoms with Crippen molar-refractivity contribution in [2.24, 2.45) is 0 Å². The van der Waals surface area contributed by atoms with E-state index in [0.29, 0.717) is 10.4 Å². The smallest absolute Gasteiger partial charge is 0.264 e. The summed E-state index contributed by atoms with van der Waals surface area (Å²) in [5.41, 5.74) is 0.646. The molecule has 0 aliphatic carbocycles. The van der Waals surface area contributed by atoms with Crippen molar-refractivity contribution in [3.05, 3.63) is 29.5 Å². The molecule has 0 spiro atoms. The van der Waals surface area contributed by atoms with Crippen LogP contribution in [0.5, 0.6) is 0 Å². The summed E-state index contributed by atoms with van der Waals surface area (Å²) in [7, 11) is 0. The quantitative estimate of drug-likeness (QED) is 0.416. The summed E-state index contributed by atoms with van der Waals surface area (Å²) >= 11 is 1.21. The van der Waals surface area contributed by atoms with Crippen molar-refractivity contribution >= 4 is 21.7 Å². The predicted molar refractivity (Wildman–Crippen MR) is 38.6 cm³/mol. The lowest BCUT2D eigenvalue weighted by Crippen LogP contribution is -2.26. The maximum atomic E-state index is 10.8.